The monoisotopic (exact) mass is 202 g/mol. The summed E-state index contributed by atoms with van der Waals surface area (Å²) in [5.41, 5.74) is 0. The van der Waals surface area contributed by atoms with Crippen LogP contribution in [0.15, 0.2) is 0 Å². The van der Waals surface area contributed by atoms with Gasteiger partial charge in [0.1, 0.15) is 0 Å². The Bertz CT molecular complexity index is 243. The molecule has 2 atom stereocenters. The summed E-state index contributed by atoms with van der Waals surface area (Å²) < 4.78 is 0. The van der Waals surface area contributed by atoms with E-state index in [2.05, 4.69) is 5.32 Å². The summed E-state index contributed by atoms with van der Waals surface area (Å²) in [4.78, 5) is 23.7. The lowest BCUT2D eigenvalue weighted by atomic mass is 10.2. The maximum atomic E-state index is 11.4. The van der Waals surface area contributed by atoms with Gasteiger partial charge in [-0.05, 0) is 6.92 Å². The molecule has 1 saturated heterocycles. The van der Waals surface area contributed by atoms with Crippen LogP contribution in [0.3, 0.4) is 0 Å². The average Bonchev–Trinajstić information content (AvgIpc) is 2.18. The topological polar surface area (TPSA) is 89.9 Å². The van der Waals surface area contributed by atoms with Gasteiger partial charge in [0.2, 0.25) is 11.8 Å². The molecule has 1 aliphatic rings. The number of piperazine rings is 1. The first-order chi connectivity index (χ1) is 6.56. The predicted octanol–water partition coefficient (Wildman–Crippen LogP) is -2.31. The van der Waals surface area contributed by atoms with Crippen LogP contribution in [0.1, 0.15) is 6.92 Å². The van der Waals surface area contributed by atoms with Crippen LogP contribution in [-0.4, -0.2) is 58.8 Å². The van der Waals surface area contributed by atoms with Crippen LogP contribution in [0.2, 0.25) is 0 Å². The molecule has 14 heavy (non-hydrogen) atoms. The molecule has 2 unspecified atom stereocenters. The molecule has 0 aromatic carbocycles. The zero-order valence-electron chi connectivity index (χ0n) is 7.93. The van der Waals surface area contributed by atoms with Crippen LogP contribution < -0.4 is 5.32 Å². The first-order valence-corrected chi connectivity index (χ1v) is 4.42. The summed E-state index contributed by atoms with van der Waals surface area (Å²) in [6.45, 7) is 1.14. The molecule has 3 N–H and O–H groups in total. The Balaban J connectivity index is 2.63. The van der Waals surface area contributed by atoms with Crippen molar-refractivity contribution < 1.29 is 19.8 Å². The third-order valence-electron chi connectivity index (χ3n) is 2.10. The highest BCUT2D eigenvalue weighted by atomic mass is 16.3. The van der Waals surface area contributed by atoms with Gasteiger partial charge in [-0.1, -0.05) is 0 Å². The van der Waals surface area contributed by atoms with E-state index in [-0.39, 0.29) is 24.9 Å². The SMILES string of the molecule is CC1NCC(=O)N(CC(O)CO)C1=O. The summed E-state index contributed by atoms with van der Waals surface area (Å²) in [6, 6.07) is -0.418. The smallest absolute Gasteiger partial charge is 0.246 e. The van der Waals surface area contributed by atoms with Crippen LogP contribution in [0, 0.1) is 0 Å². The summed E-state index contributed by atoms with van der Waals surface area (Å²) in [7, 11) is 0. The molecule has 1 fully saturated rings. The third kappa shape index (κ3) is 2.28. The number of carbonyl (C=O) groups excluding carboxylic acids is 2. The lowest BCUT2D eigenvalue weighted by Gasteiger charge is -2.30. The van der Waals surface area contributed by atoms with Gasteiger partial charge < -0.3 is 10.2 Å². The number of aliphatic hydroxyl groups excluding tert-OH is 2. The second kappa shape index (κ2) is 4.50. The van der Waals surface area contributed by atoms with E-state index in [0.717, 1.165) is 4.90 Å². The van der Waals surface area contributed by atoms with Gasteiger partial charge in [-0.25, -0.2) is 0 Å². The number of aliphatic hydroxyl groups is 2. The molecule has 6 heteroatoms. The van der Waals surface area contributed by atoms with E-state index in [4.69, 9.17) is 10.2 Å². The molecule has 80 valence electrons. The number of imide groups is 1. The molecule has 0 bridgehead atoms. The van der Waals surface area contributed by atoms with Gasteiger partial charge in [-0.3, -0.25) is 19.8 Å². The number of hydrogen-bond acceptors (Lipinski definition) is 5. The fourth-order valence-electron chi connectivity index (χ4n) is 1.24. The second-order valence-electron chi connectivity index (χ2n) is 3.28. The van der Waals surface area contributed by atoms with Crippen molar-refractivity contribution in [2.75, 3.05) is 19.7 Å². The van der Waals surface area contributed by atoms with Crippen molar-refractivity contribution in [1.82, 2.24) is 10.2 Å². The van der Waals surface area contributed by atoms with Crippen molar-refractivity contribution in [2.45, 2.75) is 19.1 Å². The van der Waals surface area contributed by atoms with E-state index < -0.39 is 18.8 Å². The molecule has 2 amide bonds. The van der Waals surface area contributed by atoms with Crippen LogP contribution >= 0.6 is 0 Å². The van der Waals surface area contributed by atoms with Crippen molar-refractivity contribution in [1.29, 1.82) is 0 Å². The molecule has 6 nitrogen and oxygen atoms in total. The molecule has 0 aromatic heterocycles. The first kappa shape index (κ1) is 11.1. The number of amides is 2. The maximum Gasteiger partial charge on any atom is 0.246 e. The van der Waals surface area contributed by atoms with E-state index in [1.165, 1.54) is 0 Å². The van der Waals surface area contributed by atoms with Crippen molar-refractivity contribution in [3.05, 3.63) is 0 Å². The molecule has 0 spiro atoms. The lowest BCUT2D eigenvalue weighted by Crippen LogP contribution is -2.58. The second-order valence-corrected chi connectivity index (χ2v) is 3.28. The van der Waals surface area contributed by atoms with Gasteiger partial charge >= 0.3 is 0 Å². The average molecular weight is 202 g/mol. The Morgan fingerprint density at radius 3 is 2.86 bits per heavy atom. The molecule has 1 rings (SSSR count). The van der Waals surface area contributed by atoms with Crippen molar-refractivity contribution >= 4 is 11.8 Å². The Kier molecular flexibility index (Phi) is 3.56. The highest BCUT2D eigenvalue weighted by Gasteiger charge is 2.32. The van der Waals surface area contributed by atoms with Gasteiger partial charge in [-0.15, -0.1) is 0 Å². The number of carbonyl (C=O) groups is 2. The largest absolute Gasteiger partial charge is 0.394 e. The Morgan fingerprint density at radius 1 is 1.64 bits per heavy atom. The summed E-state index contributed by atoms with van der Waals surface area (Å²) in [5.74, 6) is -0.741. The van der Waals surface area contributed by atoms with Crippen LogP contribution in [0.25, 0.3) is 0 Å². The van der Waals surface area contributed by atoms with E-state index in [1.54, 1.807) is 6.92 Å². The van der Waals surface area contributed by atoms with Gasteiger partial charge in [-0.2, -0.15) is 0 Å². The summed E-state index contributed by atoms with van der Waals surface area (Å²) in [6.07, 6.45) is -1.06. The van der Waals surface area contributed by atoms with Gasteiger partial charge in [0.25, 0.3) is 0 Å². The Labute approximate surface area is 81.5 Å². The number of rotatable bonds is 3. The zero-order chi connectivity index (χ0) is 10.7. The fourth-order valence-corrected chi connectivity index (χ4v) is 1.24. The number of hydrogen-bond donors (Lipinski definition) is 3. The molecule has 1 heterocycles. The van der Waals surface area contributed by atoms with Crippen molar-refractivity contribution in [3.8, 4) is 0 Å². The lowest BCUT2D eigenvalue weighted by molar-refractivity contribution is -0.150. The standard InChI is InChI=1S/C8H14N2O4/c1-5-8(14)10(3-6(12)4-11)7(13)2-9-5/h5-6,9,11-12H,2-4H2,1H3. The number of nitrogens with zero attached hydrogens (tertiary/aromatic N) is 1. The Morgan fingerprint density at radius 2 is 2.29 bits per heavy atom. The Hall–Kier alpha value is -0.980. The molecule has 1 aliphatic heterocycles. The third-order valence-corrected chi connectivity index (χ3v) is 2.10. The van der Waals surface area contributed by atoms with Crippen LogP contribution in [-0.2, 0) is 9.59 Å². The summed E-state index contributed by atoms with van der Waals surface area (Å²) in [5, 5.41) is 20.4. The minimum Gasteiger partial charge on any atom is -0.394 e. The predicted molar refractivity (Wildman–Crippen MR) is 47.3 cm³/mol. The van der Waals surface area contributed by atoms with E-state index in [1.807, 2.05) is 0 Å². The number of β-amino-alcohol motifs (C(OH)–C–C–N with tert-alkyl or cyclic N) is 1. The normalized spacial score (nSPS) is 25.4. The summed E-state index contributed by atoms with van der Waals surface area (Å²) >= 11 is 0. The zero-order valence-corrected chi connectivity index (χ0v) is 7.93. The minimum atomic E-state index is -1.06. The molecule has 0 saturated carbocycles. The quantitative estimate of drug-likeness (QED) is 0.447. The van der Waals surface area contributed by atoms with Gasteiger partial charge in [0, 0.05) is 0 Å². The molecule has 0 radical (unpaired) electrons. The van der Waals surface area contributed by atoms with Gasteiger partial charge in [0.15, 0.2) is 0 Å². The first-order valence-electron chi connectivity index (χ1n) is 4.42. The van der Waals surface area contributed by atoms with E-state index >= 15 is 0 Å². The van der Waals surface area contributed by atoms with Crippen molar-refractivity contribution in [3.63, 3.8) is 0 Å². The molecule has 0 aliphatic carbocycles. The fraction of sp³-hybridized carbons (Fsp3) is 0.750. The van der Waals surface area contributed by atoms with Gasteiger partial charge in [0.05, 0.1) is 31.8 Å². The molecule has 0 aromatic rings. The minimum absolute atomic E-state index is 0.0883. The highest BCUT2D eigenvalue weighted by molar-refractivity contribution is 6.00. The van der Waals surface area contributed by atoms with Crippen LogP contribution in [0.5, 0.6) is 0 Å². The highest BCUT2D eigenvalue weighted by Crippen LogP contribution is 2.03. The maximum absolute atomic E-state index is 11.4. The van der Waals surface area contributed by atoms with Crippen LogP contribution in [0.4, 0.5) is 0 Å². The van der Waals surface area contributed by atoms with E-state index in [0.29, 0.717) is 0 Å². The number of nitrogens with one attached hydrogen (secondary N) is 1. The van der Waals surface area contributed by atoms with Crippen molar-refractivity contribution in [2.24, 2.45) is 0 Å². The van der Waals surface area contributed by atoms with E-state index in [9.17, 15) is 9.59 Å². The molecular formula is C8H14N2O4. The molecular weight excluding hydrogens is 188 g/mol.